The summed E-state index contributed by atoms with van der Waals surface area (Å²) in [6.07, 6.45) is 1.94. The largest absolute Gasteiger partial charge is 0.325 e. The van der Waals surface area contributed by atoms with Gasteiger partial charge in [0.15, 0.2) is 5.16 Å². The molecule has 1 N–H and O–H groups in total. The minimum Gasteiger partial charge on any atom is -0.325 e. The van der Waals surface area contributed by atoms with Gasteiger partial charge in [0.05, 0.1) is 0 Å². The topological polar surface area (TPSA) is 50.2 Å². The molecule has 0 saturated heterocycles. The Labute approximate surface area is 93.9 Å². The minimum atomic E-state index is 0.489. The number of anilines is 1. The predicted octanol–water partition coefficient (Wildman–Crippen LogP) is 2.40. The molecule has 4 nitrogen and oxygen atoms in total. The van der Waals surface area contributed by atoms with E-state index in [1.54, 1.807) is 0 Å². The van der Waals surface area contributed by atoms with E-state index in [1.165, 1.54) is 11.8 Å². The van der Waals surface area contributed by atoms with Gasteiger partial charge >= 0.3 is 0 Å². The third kappa shape index (κ3) is 2.79. The molecule has 0 radical (unpaired) electrons. The average molecular weight is 222 g/mol. The molecule has 0 bridgehead atoms. The Hall–Kier alpha value is -1.36. The molecule has 0 unspecified atom stereocenters. The first kappa shape index (κ1) is 11.7. The van der Waals surface area contributed by atoms with E-state index in [1.807, 2.05) is 20.1 Å². The summed E-state index contributed by atoms with van der Waals surface area (Å²) >= 11 is 1.50. The third-order valence-corrected chi connectivity index (χ3v) is 2.55. The Morgan fingerprint density at radius 3 is 2.60 bits per heavy atom. The van der Waals surface area contributed by atoms with Crippen molar-refractivity contribution < 1.29 is 0 Å². The number of hydrogen-bond donors (Lipinski definition) is 1. The molecule has 1 heterocycles. The number of aliphatic imine (C=N–C) groups is 1. The van der Waals surface area contributed by atoms with Crippen LogP contribution in [0.15, 0.2) is 22.5 Å². The van der Waals surface area contributed by atoms with Gasteiger partial charge in [-0.25, -0.2) is 15.0 Å². The monoisotopic (exact) mass is 222 g/mol. The highest BCUT2D eigenvalue weighted by Crippen LogP contribution is 2.20. The number of nitrogens with zero attached hydrogens (tertiary/aromatic N) is 3. The highest BCUT2D eigenvalue weighted by molar-refractivity contribution is 7.98. The molecule has 1 rings (SSSR count). The van der Waals surface area contributed by atoms with Gasteiger partial charge in [0, 0.05) is 11.3 Å². The molecule has 5 heteroatoms. The van der Waals surface area contributed by atoms with Gasteiger partial charge in [-0.3, -0.25) is 0 Å². The van der Waals surface area contributed by atoms with Crippen LogP contribution in [0.2, 0.25) is 0 Å². The van der Waals surface area contributed by atoms with Crippen LogP contribution in [0.3, 0.4) is 0 Å². The summed E-state index contributed by atoms with van der Waals surface area (Å²) in [5.41, 5.74) is 1.95. The smallest absolute Gasteiger partial charge is 0.189 e. The fourth-order valence-electron chi connectivity index (χ4n) is 0.992. The lowest BCUT2D eigenvalue weighted by molar-refractivity contribution is 0.918. The summed E-state index contributed by atoms with van der Waals surface area (Å²) in [6.45, 7) is 11.0. The van der Waals surface area contributed by atoms with Crippen LogP contribution in [-0.2, 0) is 0 Å². The number of thioether (sulfide) groups is 1. The zero-order chi connectivity index (χ0) is 11.4. The molecule has 0 atom stereocenters. The van der Waals surface area contributed by atoms with Gasteiger partial charge < -0.3 is 5.32 Å². The van der Waals surface area contributed by atoms with E-state index in [-0.39, 0.29) is 0 Å². The molecule has 0 aliphatic rings. The van der Waals surface area contributed by atoms with E-state index in [4.69, 9.17) is 0 Å². The van der Waals surface area contributed by atoms with Crippen molar-refractivity contribution in [2.75, 3.05) is 11.6 Å². The van der Waals surface area contributed by atoms with Crippen LogP contribution >= 0.6 is 11.8 Å². The molecule has 1 aromatic heterocycles. The van der Waals surface area contributed by atoms with Gasteiger partial charge in [-0.2, -0.15) is 0 Å². The van der Waals surface area contributed by atoms with E-state index in [0.29, 0.717) is 5.82 Å². The summed E-state index contributed by atoms with van der Waals surface area (Å²) in [6, 6.07) is 0. The average Bonchev–Trinajstić information content (AvgIpc) is 2.24. The van der Waals surface area contributed by atoms with Gasteiger partial charge in [-0.05, 0) is 26.8 Å². The molecule has 0 spiro atoms. The molecular formula is C10H14N4S. The lowest BCUT2D eigenvalue weighted by atomic mass is 10.2. The summed E-state index contributed by atoms with van der Waals surface area (Å²) < 4.78 is 0. The highest BCUT2D eigenvalue weighted by Gasteiger charge is 2.07. The van der Waals surface area contributed by atoms with Crippen molar-refractivity contribution in [2.24, 2.45) is 4.99 Å². The van der Waals surface area contributed by atoms with Crippen LogP contribution in [0, 0.1) is 13.8 Å². The third-order valence-electron chi connectivity index (χ3n) is 2.00. The molecule has 0 amide bonds. The second-order valence-corrected chi connectivity index (χ2v) is 3.77. The van der Waals surface area contributed by atoms with Gasteiger partial charge in [-0.1, -0.05) is 18.3 Å². The van der Waals surface area contributed by atoms with Crippen LogP contribution in [-0.4, -0.2) is 22.9 Å². The molecular weight excluding hydrogens is 208 g/mol. The van der Waals surface area contributed by atoms with Crippen molar-refractivity contribution in [3.05, 3.63) is 23.7 Å². The fourth-order valence-corrected chi connectivity index (χ4v) is 1.40. The summed E-state index contributed by atoms with van der Waals surface area (Å²) in [5, 5.41) is 3.72. The number of nitrogens with one attached hydrogen (secondary N) is 1. The lowest BCUT2D eigenvalue weighted by Gasteiger charge is -2.10. The number of aromatic nitrogens is 2. The maximum atomic E-state index is 4.33. The van der Waals surface area contributed by atoms with E-state index in [9.17, 15) is 0 Å². The molecule has 0 aromatic carbocycles. The normalized spacial score (nSPS) is 9.80. The zero-order valence-corrected chi connectivity index (χ0v) is 9.98. The lowest BCUT2D eigenvalue weighted by Crippen LogP contribution is -2.04. The van der Waals surface area contributed by atoms with Crippen LogP contribution in [0.5, 0.6) is 0 Å². The zero-order valence-electron chi connectivity index (χ0n) is 9.16. The second-order valence-electron chi connectivity index (χ2n) is 3.00. The summed E-state index contributed by atoms with van der Waals surface area (Å²) in [7, 11) is 0. The maximum absolute atomic E-state index is 4.33. The van der Waals surface area contributed by atoms with E-state index < -0.39 is 0 Å². The Morgan fingerprint density at radius 2 is 2.07 bits per heavy atom. The Bertz CT molecular complexity index is 401. The number of aryl methyl sites for hydroxylation is 1. The first-order valence-corrected chi connectivity index (χ1v) is 5.62. The van der Waals surface area contributed by atoms with Crippen molar-refractivity contribution in [1.82, 2.24) is 9.97 Å². The summed E-state index contributed by atoms with van der Waals surface area (Å²) in [5.74, 6) is 1.23. The Kier molecular flexibility index (Phi) is 3.85. The second kappa shape index (κ2) is 4.93. The van der Waals surface area contributed by atoms with Gasteiger partial charge in [0.25, 0.3) is 0 Å². The molecule has 0 aliphatic carbocycles. The maximum Gasteiger partial charge on any atom is 0.189 e. The molecule has 1 aromatic rings. The predicted molar refractivity (Wildman–Crippen MR) is 65.6 cm³/mol. The number of rotatable bonds is 4. The van der Waals surface area contributed by atoms with Crippen molar-refractivity contribution in [3.63, 3.8) is 0 Å². The van der Waals surface area contributed by atoms with Crippen molar-refractivity contribution >= 4 is 24.3 Å². The first-order valence-electron chi connectivity index (χ1n) is 4.40. The first-order chi connectivity index (χ1) is 7.08. The molecule has 15 heavy (non-hydrogen) atoms. The van der Waals surface area contributed by atoms with Gasteiger partial charge in [-0.15, -0.1) is 0 Å². The van der Waals surface area contributed by atoms with Crippen molar-refractivity contribution in [1.29, 1.82) is 0 Å². The van der Waals surface area contributed by atoms with Crippen molar-refractivity contribution in [2.45, 2.75) is 19.0 Å². The minimum absolute atomic E-state index is 0.489. The Morgan fingerprint density at radius 1 is 1.40 bits per heavy atom. The van der Waals surface area contributed by atoms with Gasteiger partial charge in [0.2, 0.25) is 0 Å². The standard InChI is InChI=1S/C10H14N4S/c1-6-7(2)12-10(15-5)14-9(6)13-8(3)11-4/h3-4H2,1-2,5H3,(H,12,13,14). The fraction of sp³-hybridized carbons (Fsp3) is 0.300. The molecule has 0 fully saturated rings. The number of hydrogen-bond acceptors (Lipinski definition) is 5. The van der Waals surface area contributed by atoms with Gasteiger partial charge in [0.1, 0.15) is 11.6 Å². The van der Waals surface area contributed by atoms with E-state index in [2.05, 4.69) is 33.6 Å². The molecule has 80 valence electrons. The SMILES string of the molecule is C=NC(=C)Nc1nc(SC)nc(C)c1C. The van der Waals surface area contributed by atoms with Crippen LogP contribution < -0.4 is 5.32 Å². The summed E-state index contributed by atoms with van der Waals surface area (Å²) in [4.78, 5) is 12.3. The van der Waals surface area contributed by atoms with Crippen LogP contribution in [0.25, 0.3) is 0 Å². The van der Waals surface area contributed by atoms with Crippen molar-refractivity contribution in [3.8, 4) is 0 Å². The van der Waals surface area contributed by atoms with Crippen LogP contribution in [0.1, 0.15) is 11.3 Å². The molecule has 0 aliphatic heterocycles. The Balaban J connectivity index is 3.10. The van der Waals surface area contributed by atoms with E-state index in [0.717, 1.165) is 22.2 Å². The molecule has 0 saturated carbocycles. The highest BCUT2D eigenvalue weighted by atomic mass is 32.2. The van der Waals surface area contributed by atoms with Crippen LogP contribution in [0.4, 0.5) is 5.82 Å². The van der Waals surface area contributed by atoms with E-state index >= 15 is 0 Å². The quantitative estimate of drug-likeness (QED) is 0.483.